The zero-order valence-electron chi connectivity index (χ0n) is 14.7. The highest BCUT2D eigenvalue weighted by Gasteiger charge is 2.24. The number of likely N-dealkylation sites (tertiary alicyclic amines) is 1. The lowest BCUT2D eigenvalue weighted by atomic mass is 10.1. The number of benzene rings is 2. The van der Waals surface area contributed by atoms with Gasteiger partial charge in [0.1, 0.15) is 11.6 Å². The summed E-state index contributed by atoms with van der Waals surface area (Å²) >= 11 is 0. The SMILES string of the molecule is Cc1ccc(NC(=O)N2CCC[C@H](OCc3cc(F)ccc3F)C2)cc1. The minimum Gasteiger partial charge on any atom is -0.372 e. The molecule has 1 N–H and O–H groups in total. The van der Waals surface area contributed by atoms with Crippen molar-refractivity contribution in [3.63, 3.8) is 0 Å². The van der Waals surface area contributed by atoms with Gasteiger partial charge in [-0.25, -0.2) is 13.6 Å². The van der Waals surface area contributed by atoms with E-state index in [4.69, 9.17) is 4.74 Å². The van der Waals surface area contributed by atoms with Gasteiger partial charge in [0.2, 0.25) is 0 Å². The first-order chi connectivity index (χ1) is 12.5. The van der Waals surface area contributed by atoms with Crippen LogP contribution in [-0.4, -0.2) is 30.1 Å². The summed E-state index contributed by atoms with van der Waals surface area (Å²) in [7, 11) is 0. The Morgan fingerprint density at radius 1 is 1.23 bits per heavy atom. The predicted octanol–water partition coefficient (Wildman–Crippen LogP) is 4.49. The average molecular weight is 360 g/mol. The molecule has 3 rings (SSSR count). The van der Waals surface area contributed by atoms with Gasteiger partial charge in [-0.1, -0.05) is 17.7 Å². The van der Waals surface area contributed by atoms with Crippen molar-refractivity contribution in [1.29, 1.82) is 0 Å². The first-order valence-corrected chi connectivity index (χ1v) is 8.69. The van der Waals surface area contributed by atoms with Crippen LogP contribution in [0.5, 0.6) is 0 Å². The van der Waals surface area contributed by atoms with E-state index in [0.717, 1.165) is 42.3 Å². The third-order valence-corrected chi connectivity index (χ3v) is 4.45. The molecule has 0 radical (unpaired) electrons. The van der Waals surface area contributed by atoms with Crippen molar-refractivity contribution in [3.8, 4) is 0 Å². The third kappa shape index (κ3) is 4.79. The number of aryl methyl sites for hydroxylation is 1. The molecule has 1 aliphatic heterocycles. The van der Waals surface area contributed by atoms with E-state index in [1.165, 1.54) is 0 Å². The second-order valence-electron chi connectivity index (χ2n) is 6.55. The maximum Gasteiger partial charge on any atom is 0.321 e. The molecule has 2 aromatic carbocycles. The average Bonchev–Trinajstić information content (AvgIpc) is 2.64. The number of anilines is 1. The molecule has 4 nitrogen and oxygen atoms in total. The number of hydrogen-bond donors (Lipinski definition) is 1. The highest BCUT2D eigenvalue weighted by atomic mass is 19.1. The molecule has 2 amide bonds. The van der Waals surface area contributed by atoms with Gasteiger partial charge < -0.3 is 15.0 Å². The Kier molecular flexibility index (Phi) is 5.83. The first-order valence-electron chi connectivity index (χ1n) is 8.69. The van der Waals surface area contributed by atoms with E-state index < -0.39 is 11.6 Å². The van der Waals surface area contributed by atoms with Crippen LogP contribution < -0.4 is 5.32 Å². The number of rotatable bonds is 4. The molecule has 1 atom stereocenters. The summed E-state index contributed by atoms with van der Waals surface area (Å²) in [5.41, 5.74) is 2.05. The van der Waals surface area contributed by atoms with E-state index in [1.807, 2.05) is 31.2 Å². The van der Waals surface area contributed by atoms with Crippen LogP contribution in [0.15, 0.2) is 42.5 Å². The largest absolute Gasteiger partial charge is 0.372 e. The number of urea groups is 1. The quantitative estimate of drug-likeness (QED) is 0.873. The molecule has 138 valence electrons. The highest BCUT2D eigenvalue weighted by Crippen LogP contribution is 2.18. The second-order valence-corrected chi connectivity index (χ2v) is 6.55. The molecule has 0 spiro atoms. The molecule has 1 heterocycles. The predicted molar refractivity (Wildman–Crippen MR) is 95.9 cm³/mol. The first kappa shape index (κ1) is 18.3. The van der Waals surface area contributed by atoms with Crippen molar-refractivity contribution >= 4 is 11.7 Å². The van der Waals surface area contributed by atoms with Crippen LogP contribution in [0, 0.1) is 18.6 Å². The normalized spacial score (nSPS) is 17.2. The molecular weight excluding hydrogens is 338 g/mol. The van der Waals surface area contributed by atoms with E-state index in [9.17, 15) is 13.6 Å². The molecule has 0 aliphatic carbocycles. The van der Waals surface area contributed by atoms with E-state index >= 15 is 0 Å². The van der Waals surface area contributed by atoms with Crippen molar-refractivity contribution < 1.29 is 18.3 Å². The molecule has 6 heteroatoms. The Balaban J connectivity index is 1.54. The lowest BCUT2D eigenvalue weighted by molar-refractivity contribution is -0.000137. The van der Waals surface area contributed by atoms with Crippen molar-refractivity contribution in [3.05, 3.63) is 65.2 Å². The fourth-order valence-corrected chi connectivity index (χ4v) is 2.96. The van der Waals surface area contributed by atoms with Crippen LogP contribution in [0.25, 0.3) is 0 Å². The standard InChI is InChI=1S/C20H22F2N2O2/c1-14-4-7-17(8-5-14)23-20(25)24-10-2-3-18(12-24)26-13-15-11-16(21)6-9-19(15)22/h4-9,11,18H,2-3,10,12-13H2,1H3,(H,23,25)/t18-/m0/s1. The van der Waals surface area contributed by atoms with Gasteiger partial charge in [-0.05, 0) is 50.1 Å². The zero-order valence-corrected chi connectivity index (χ0v) is 14.7. The van der Waals surface area contributed by atoms with Gasteiger partial charge >= 0.3 is 6.03 Å². The monoisotopic (exact) mass is 360 g/mol. The fourth-order valence-electron chi connectivity index (χ4n) is 2.96. The van der Waals surface area contributed by atoms with Crippen LogP contribution in [0.1, 0.15) is 24.0 Å². The summed E-state index contributed by atoms with van der Waals surface area (Å²) in [5.74, 6) is -0.982. The van der Waals surface area contributed by atoms with E-state index in [0.29, 0.717) is 13.1 Å². The number of carbonyl (C=O) groups excluding carboxylic acids is 1. The van der Waals surface area contributed by atoms with Gasteiger partial charge in [0.25, 0.3) is 0 Å². The summed E-state index contributed by atoms with van der Waals surface area (Å²) in [6.45, 7) is 3.04. The summed E-state index contributed by atoms with van der Waals surface area (Å²) in [6, 6.07) is 10.7. The number of nitrogens with one attached hydrogen (secondary N) is 1. The summed E-state index contributed by atoms with van der Waals surface area (Å²) < 4.78 is 32.6. The Bertz CT molecular complexity index is 765. The van der Waals surface area contributed by atoms with Gasteiger partial charge in [0.05, 0.1) is 12.7 Å². The van der Waals surface area contributed by atoms with E-state index in [2.05, 4.69) is 5.32 Å². The van der Waals surface area contributed by atoms with Crippen molar-refractivity contribution in [1.82, 2.24) is 4.90 Å². The molecule has 1 aliphatic rings. The molecule has 0 unspecified atom stereocenters. The molecule has 0 bridgehead atoms. The minimum atomic E-state index is -0.493. The maximum absolute atomic E-state index is 13.7. The summed E-state index contributed by atoms with van der Waals surface area (Å²) in [4.78, 5) is 14.1. The van der Waals surface area contributed by atoms with Crippen LogP contribution in [0.2, 0.25) is 0 Å². The molecule has 1 saturated heterocycles. The second kappa shape index (κ2) is 8.27. The fraction of sp³-hybridized carbons (Fsp3) is 0.350. The molecule has 2 aromatic rings. The Morgan fingerprint density at radius 2 is 2.00 bits per heavy atom. The van der Waals surface area contributed by atoms with Crippen LogP contribution >= 0.6 is 0 Å². The number of carbonyl (C=O) groups is 1. The number of hydrogen-bond acceptors (Lipinski definition) is 2. The lowest BCUT2D eigenvalue weighted by Crippen LogP contribution is -2.45. The van der Waals surface area contributed by atoms with Gasteiger partial charge in [-0.2, -0.15) is 0 Å². The van der Waals surface area contributed by atoms with Gasteiger partial charge in [0.15, 0.2) is 0 Å². The summed E-state index contributed by atoms with van der Waals surface area (Å²) in [5, 5.41) is 2.87. The molecule has 26 heavy (non-hydrogen) atoms. The number of amides is 2. The highest BCUT2D eigenvalue weighted by molar-refractivity contribution is 5.89. The number of piperidine rings is 1. The maximum atomic E-state index is 13.7. The summed E-state index contributed by atoms with van der Waals surface area (Å²) in [6.07, 6.45) is 1.39. The zero-order chi connectivity index (χ0) is 18.5. The Morgan fingerprint density at radius 3 is 2.77 bits per heavy atom. The van der Waals surface area contributed by atoms with Crippen LogP contribution in [0.4, 0.5) is 19.3 Å². The number of halogens is 2. The van der Waals surface area contributed by atoms with E-state index in [1.54, 1.807) is 4.90 Å². The molecule has 1 fully saturated rings. The van der Waals surface area contributed by atoms with Crippen molar-refractivity contribution in [2.24, 2.45) is 0 Å². The number of ether oxygens (including phenoxy) is 1. The molecule has 0 aromatic heterocycles. The van der Waals surface area contributed by atoms with Gasteiger partial charge in [0, 0.05) is 24.3 Å². The van der Waals surface area contributed by atoms with E-state index in [-0.39, 0.29) is 24.3 Å². The van der Waals surface area contributed by atoms with Gasteiger partial charge in [-0.3, -0.25) is 0 Å². The lowest BCUT2D eigenvalue weighted by Gasteiger charge is -2.32. The Hall–Kier alpha value is -2.47. The number of nitrogens with zero attached hydrogens (tertiary/aromatic N) is 1. The minimum absolute atomic E-state index is 0.0122. The topological polar surface area (TPSA) is 41.6 Å². The Labute approximate surface area is 151 Å². The third-order valence-electron chi connectivity index (χ3n) is 4.45. The molecular formula is C20H22F2N2O2. The van der Waals surface area contributed by atoms with Crippen LogP contribution in [0.3, 0.4) is 0 Å². The molecule has 0 saturated carbocycles. The van der Waals surface area contributed by atoms with Crippen molar-refractivity contribution in [2.75, 3.05) is 18.4 Å². The van der Waals surface area contributed by atoms with Crippen LogP contribution in [-0.2, 0) is 11.3 Å². The van der Waals surface area contributed by atoms with Gasteiger partial charge in [-0.15, -0.1) is 0 Å². The smallest absolute Gasteiger partial charge is 0.321 e. The van der Waals surface area contributed by atoms with Crippen molar-refractivity contribution in [2.45, 2.75) is 32.5 Å².